The van der Waals surface area contributed by atoms with E-state index in [9.17, 15) is 12.8 Å². The van der Waals surface area contributed by atoms with Crippen LogP contribution in [0.2, 0.25) is 0 Å². The van der Waals surface area contributed by atoms with E-state index in [4.69, 9.17) is 14.2 Å². The molecule has 3 rings (SSSR count). The van der Waals surface area contributed by atoms with E-state index in [0.29, 0.717) is 30.4 Å². The molecular weight excluding hydrogens is 361 g/mol. The van der Waals surface area contributed by atoms with E-state index in [0.717, 1.165) is 10.4 Å². The molecule has 0 aromatic heterocycles. The first kappa shape index (κ1) is 18.1. The van der Waals surface area contributed by atoms with Gasteiger partial charge >= 0.3 is 0 Å². The topological polar surface area (TPSA) is 65.1 Å². The fourth-order valence-corrected chi connectivity index (χ4v) is 4.02. The van der Waals surface area contributed by atoms with Gasteiger partial charge in [-0.2, -0.15) is 0 Å². The van der Waals surface area contributed by atoms with Crippen LogP contribution in [0.5, 0.6) is 17.2 Å². The second-order valence-electron chi connectivity index (χ2n) is 5.45. The summed E-state index contributed by atoms with van der Waals surface area (Å²) in [5, 5.41) is 0. The maximum Gasteiger partial charge on any atom is 0.264 e. The lowest BCUT2D eigenvalue weighted by Crippen LogP contribution is -2.31. The Balaban J connectivity index is 2.03. The Morgan fingerprint density at radius 2 is 1.92 bits per heavy atom. The number of halogens is 1. The fourth-order valence-electron chi connectivity index (χ4n) is 2.58. The summed E-state index contributed by atoms with van der Waals surface area (Å²) in [6, 6.07) is 8.33. The first-order valence-corrected chi connectivity index (χ1v) is 9.28. The zero-order valence-corrected chi connectivity index (χ0v) is 15.0. The van der Waals surface area contributed by atoms with Gasteiger partial charge < -0.3 is 14.2 Å². The summed E-state index contributed by atoms with van der Waals surface area (Å²) in [5.41, 5.74) is 0.366. The standard InChI is InChI=1S/C18H18FNO5S/c1-3-8-20(13-4-6-17-18(11-13)25-10-9-24-17)26(21,22)14-5-7-16(23-2)15(19)12-14/h3-7,11-12H,1,8-10H2,2H3. The number of benzene rings is 2. The molecule has 0 saturated heterocycles. The van der Waals surface area contributed by atoms with Crippen molar-refractivity contribution >= 4 is 15.7 Å². The number of methoxy groups -OCH3 is 1. The minimum Gasteiger partial charge on any atom is -0.494 e. The zero-order chi connectivity index (χ0) is 18.7. The molecule has 0 amide bonds. The molecule has 0 fully saturated rings. The molecule has 0 atom stereocenters. The Hall–Kier alpha value is -2.74. The number of sulfonamides is 1. The first-order valence-electron chi connectivity index (χ1n) is 7.84. The number of anilines is 1. The molecule has 0 bridgehead atoms. The molecule has 0 radical (unpaired) electrons. The zero-order valence-electron chi connectivity index (χ0n) is 14.1. The highest BCUT2D eigenvalue weighted by Crippen LogP contribution is 2.36. The monoisotopic (exact) mass is 379 g/mol. The minimum atomic E-state index is -4.02. The van der Waals surface area contributed by atoms with Gasteiger partial charge in [-0.15, -0.1) is 6.58 Å². The van der Waals surface area contributed by atoms with Gasteiger partial charge in [0, 0.05) is 6.07 Å². The van der Waals surface area contributed by atoms with Crippen molar-refractivity contribution in [2.75, 3.05) is 31.2 Å². The van der Waals surface area contributed by atoms with E-state index in [-0.39, 0.29) is 17.2 Å². The second-order valence-corrected chi connectivity index (χ2v) is 7.31. The van der Waals surface area contributed by atoms with Crippen molar-refractivity contribution in [3.8, 4) is 17.2 Å². The summed E-state index contributed by atoms with van der Waals surface area (Å²) in [4.78, 5) is -0.187. The molecule has 1 heterocycles. The lowest BCUT2D eigenvalue weighted by Gasteiger charge is -2.25. The van der Waals surface area contributed by atoms with Crippen molar-refractivity contribution in [3.05, 3.63) is 54.9 Å². The number of nitrogens with zero attached hydrogens (tertiary/aromatic N) is 1. The molecule has 8 heteroatoms. The molecule has 138 valence electrons. The van der Waals surface area contributed by atoms with E-state index in [1.807, 2.05) is 0 Å². The quantitative estimate of drug-likeness (QED) is 0.722. The van der Waals surface area contributed by atoms with Crippen LogP contribution in [0.3, 0.4) is 0 Å². The van der Waals surface area contributed by atoms with Crippen LogP contribution < -0.4 is 18.5 Å². The molecule has 2 aromatic rings. The van der Waals surface area contributed by atoms with Crippen molar-refractivity contribution < 1.29 is 27.0 Å². The van der Waals surface area contributed by atoms with Crippen LogP contribution in [0.1, 0.15) is 0 Å². The Morgan fingerprint density at radius 3 is 2.58 bits per heavy atom. The lowest BCUT2D eigenvalue weighted by atomic mass is 10.2. The number of hydrogen-bond donors (Lipinski definition) is 0. The van der Waals surface area contributed by atoms with E-state index < -0.39 is 15.8 Å². The van der Waals surface area contributed by atoms with Gasteiger partial charge in [0.25, 0.3) is 10.0 Å². The highest BCUT2D eigenvalue weighted by atomic mass is 32.2. The van der Waals surface area contributed by atoms with Gasteiger partial charge in [0.05, 0.1) is 24.2 Å². The summed E-state index contributed by atoms with van der Waals surface area (Å²) < 4.78 is 57.0. The molecule has 0 spiro atoms. The van der Waals surface area contributed by atoms with Crippen LogP contribution >= 0.6 is 0 Å². The second kappa shape index (κ2) is 7.25. The smallest absolute Gasteiger partial charge is 0.264 e. The largest absolute Gasteiger partial charge is 0.494 e. The molecular formula is C18H18FNO5S. The predicted octanol–water partition coefficient (Wildman–Crippen LogP) is 2.99. The third-order valence-corrected chi connectivity index (χ3v) is 5.61. The van der Waals surface area contributed by atoms with Crippen LogP contribution in [-0.2, 0) is 10.0 Å². The highest BCUT2D eigenvalue weighted by molar-refractivity contribution is 7.92. The van der Waals surface area contributed by atoms with Crippen LogP contribution in [0.15, 0.2) is 53.9 Å². The SMILES string of the molecule is C=CCN(c1ccc2c(c1)OCCO2)S(=O)(=O)c1ccc(OC)c(F)c1. The van der Waals surface area contributed by atoms with Crippen molar-refractivity contribution in [1.29, 1.82) is 0 Å². The van der Waals surface area contributed by atoms with Gasteiger partial charge in [0.15, 0.2) is 23.1 Å². The normalized spacial score (nSPS) is 13.2. The third kappa shape index (κ3) is 3.32. The van der Waals surface area contributed by atoms with Crippen LogP contribution in [0, 0.1) is 5.82 Å². The molecule has 1 aliphatic rings. The number of ether oxygens (including phenoxy) is 3. The number of rotatable bonds is 6. The maximum absolute atomic E-state index is 14.0. The van der Waals surface area contributed by atoms with Gasteiger partial charge in [0.2, 0.25) is 0 Å². The first-order chi connectivity index (χ1) is 12.5. The molecule has 2 aromatic carbocycles. The molecule has 26 heavy (non-hydrogen) atoms. The van der Waals surface area contributed by atoms with Crippen molar-refractivity contribution in [3.63, 3.8) is 0 Å². The van der Waals surface area contributed by atoms with Crippen LogP contribution in [0.4, 0.5) is 10.1 Å². The average molecular weight is 379 g/mol. The third-order valence-electron chi connectivity index (χ3n) is 3.82. The van der Waals surface area contributed by atoms with Gasteiger partial charge in [-0.1, -0.05) is 6.08 Å². The Labute approximate surface area is 151 Å². The predicted molar refractivity (Wildman–Crippen MR) is 95.1 cm³/mol. The summed E-state index contributed by atoms with van der Waals surface area (Å²) in [7, 11) is -2.71. The van der Waals surface area contributed by atoms with Crippen LogP contribution in [0.25, 0.3) is 0 Å². The summed E-state index contributed by atoms with van der Waals surface area (Å²) in [5.74, 6) is 0.221. The van der Waals surface area contributed by atoms with Gasteiger partial charge in [0.1, 0.15) is 13.2 Å². The molecule has 0 saturated carbocycles. The van der Waals surface area contributed by atoms with Crippen LogP contribution in [-0.4, -0.2) is 35.3 Å². The van der Waals surface area contributed by atoms with Crippen molar-refractivity contribution in [1.82, 2.24) is 0 Å². The molecule has 0 unspecified atom stereocenters. The van der Waals surface area contributed by atoms with E-state index in [1.54, 1.807) is 18.2 Å². The van der Waals surface area contributed by atoms with Crippen molar-refractivity contribution in [2.45, 2.75) is 4.90 Å². The van der Waals surface area contributed by atoms with Gasteiger partial charge in [-0.3, -0.25) is 4.31 Å². The van der Waals surface area contributed by atoms with Gasteiger partial charge in [-0.25, -0.2) is 12.8 Å². The number of fused-ring (bicyclic) bond motifs is 1. The van der Waals surface area contributed by atoms with E-state index in [2.05, 4.69) is 6.58 Å². The molecule has 6 nitrogen and oxygen atoms in total. The van der Waals surface area contributed by atoms with E-state index in [1.165, 1.54) is 25.3 Å². The van der Waals surface area contributed by atoms with Crippen molar-refractivity contribution in [2.24, 2.45) is 0 Å². The van der Waals surface area contributed by atoms with Gasteiger partial charge in [-0.05, 0) is 30.3 Å². The average Bonchev–Trinajstić information content (AvgIpc) is 2.65. The Kier molecular flexibility index (Phi) is 5.03. The fraction of sp³-hybridized carbons (Fsp3) is 0.222. The Bertz CT molecular complexity index is 929. The molecule has 1 aliphatic heterocycles. The highest BCUT2D eigenvalue weighted by Gasteiger charge is 2.26. The maximum atomic E-state index is 14.0. The summed E-state index contributed by atoms with van der Waals surface area (Å²) >= 11 is 0. The molecule has 0 aliphatic carbocycles. The summed E-state index contributed by atoms with van der Waals surface area (Å²) in [6.07, 6.45) is 1.45. The van der Waals surface area contributed by atoms with E-state index >= 15 is 0 Å². The summed E-state index contributed by atoms with van der Waals surface area (Å²) in [6.45, 7) is 4.44. The lowest BCUT2D eigenvalue weighted by molar-refractivity contribution is 0.171. The Morgan fingerprint density at radius 1 is 1.19 bits per heavy atom. The minimum absolute atomic E-state index is 0.00955. The number of hydrogen-bond acceptors (Lipinski definition) is 5. The molecule has 0 N–H and O–H groups in total.